The second-order valence-electron chi connectivity index (χ2n) is 6.73. The highest BCUT2D eigenvalue weighted by molar-refractivity contribution is 5.85. The Morgan fingerprint density at radius 1 is 0.704 bits per heavy atom. The van der Waals surface area contributed by atoms with Gasteiger partial charge in [-0.1, -0.05) is 68.4 Å². The monoisotopic (exact) mass is 384 g/mol. The van der Waals surface area contributed by atoms with Crippen LogP contribution in [0.1, 0.15) is 64.7 Å². The minimum Gasteiger partial charge on any atom is -0.299 e. The van der Waals surface area contributed by atoms with E-state index in [-0.39, 0.29) is 6.42 Å². The summed E-state index contributed by atoms with van der Waals surface area (Å²) in [5.74, 6) is -0.657. The second kappa shape index (κ2) is 17.8. The van der Waals surface area contributed by atoms with Crippen LogP contribution in [0.5, 0.6) is 0 Å². The average molecular weight is 385 g/mol. The lowest BCUT2D eigenvalue weighted by Crippen LogP contribution is -2.38. The fourth-order valence-electron chi connectivity index (χ4n) is 2.35. The molecule has 4 heteroatoms. The van der Waals surface area contributed by atoms with E-state index >= 15 is 0 Å². The standard InChI is InChI=1S/C23H35F3O/c1-2-3-4-5-6-7-8-9-10-11-12-13-14-15-16-17-18-22(27)23(19-24,20-25)21-26/h5-6,8-9,11-12,14-15H,2-4,7,10,13,16-21H2,1H3. The number of hydrogen-bond acceptors (Lipinski definition) is 1. The summed E-state index contributed by atoms with van der Waals surface area (Å²) < 4.78 is 38.2. The molecule has 0 aliphatic carbocycles. The van der Waals surface area contributed by atoms with Crippen molar-refractivity contribution >= 4 is 5.78 Å². The Morgan fingerprint density at radius 3 is 1.52 bits per heavy atom. The van der Waals surface area contributed by atoms with Gasteiger partial charge >= 0.3 is 0 Å². The smallest absolute Gasteiger partial charge is 0.146 e. The van der Waals surface area contributed by atoms with Crippen LogP contribution in [-0.4, -0.2) is 25.8 Å². The number of allylic oxidation sites excluding steroid dienone is 8. The van der Waals surface area contributed by atoms with Gasteiger partial charge in [0, 0.05) is 6.42 Å². The van der Waals surface area contributed by atoms with Crippen LogP contribution in [0.3, 0.4) is 0 Å². The van der Waals surface area contributed by atoms with E-state index in [0.717, 1.165) is 25.7 Å². The first-order chi connectivity index (χ1) is 13.2. The van der Waals surface area contributed by atoms with Gasteiger partial charge in [-0.05, 0) is 38.5 Å². The lowest BCUT2D eigenvalue weighted by Gasteiger charge is -2.22. The summed E-state index contributed by atoms with van der Waals surface area (Å²) in [6.07, 6.45) is 24.3. The van der Waals surface area contributed by atoms with E-state index in [1.165, 1.54) is 12.8 Å². The van der Waals surface area contributed by atoms with Gasteiger partial charge in [0.1, 0.15) is 31.2 Å². The van der Waals surface area contributed by atoms with Gasteiger partial charge in [0.2, 0.25) is 0 Å². The van der Waals surface area contributed by atoms with Crippen molar-refractivity contribution in [1.82, 2.24) is 0 Å². The van der Waals surface area contributed by atoms with Gasteiger partial charge in [-0.2, -0.15) is 0 Å². The Labute approximate surface area is 163 Å². The number of carbonyl (C=O) groups is 1. The lowest BCUT2D eigenvalue weighted by atomic mass is 9.85. The Morgan fingerprint density at radius 2 is 1.11 bits per heavy atom. The number of halogens is 3. The average Bonchev–Trinajstić information content (AvgIpc) is 2.69. The maximum Gasteiger partial charge on any atom is 0.146 e. The van der Waals surface area contributed by atoms with Crippen molar-refractivity contribution in [1.29, 1.82) is 0 Å². The summed E-state index contributed by atoms with van der Waals surface area (Å²) in [5, 5.41) is 0. The molecule has 0 fully saturated rings. The molecule has 0 amide bonds. The van der Waals surface area contributed by atoms with E-state index in [0.29, 0.717) is 12.8 Å². The van der Waals surface area contributed by atoms with E-state index in [2.05, 4.69) is 43.4 Å². The third-order valence-electron chi connectivity index (χ3n) is 4.34. The molecule has 0 aliphatic heterocycles. The lowest BCUT2D eigenvalue weighted by molar-refractivity contribution is -0.132. The molecule has 1 nitrogen and oxygen atoms in total. The zero-order valence-corrected chi connectivity index (χ0v) is 16.6. The van der Waals surface area contributed by atoms with Crippen LogP contribution in [0, 0.1) is 5.41 Å². The maximum absolute atomic E-state index is 12.7. The summed E-state index contributed by atoms with van der Waals surface area (Å²) in [6, 6.07) is 0. The van der Waals surface area contributed by atoms with Crippen molar-refractivity contribution in [3.05, 3.63) is 48.6 Å². The predicted octanol–water partition coefficient (Wildman–Crippen LogP) is 7.21. The van der Waals surface area contributed by atoms with Crippen LogP contribution in [-0.2, 0) is 4.79 Å². The molecule has 0 rings (SSSR count). The quantitative estimate of drug-likeness (QED) is 0.191. The van der Waals surface area contributed by atoms with Crippen LogP contribution in [0.25, 0.3) is 0 Å². The van der Waals surface area contributed by atoms with Crippen molar-refractivity contribution < 1.29 is 18.0 Å². The molecule has 0 radical (unpaired) electrons. The van der Waals surface area contributed by atoms with Crippen molar-refractivity contribution in [3.63, 3.8) is 0 Å². The van der Waals surface area contributed by atoms with Gasteiger partial charge in [0.25, 0.3) is 0 Å². The number of carbonyl (C=O) groups excluding carboxylic acids is 1. The van der Waals surface area contributed by atoms with Gasteiger partial charge in [-0.25, -0.2) is 13.2 Å². The molecule has 0 heterocycles. The highest BCUT2D eigenvalue weighted by Gasteiger charge is 2.38. The van der Waals surface area contributed by atoms with Crippen LogP contribution in [0.2, 0.25) is 0 Å². The van der Waals surface area contributed by atoms with Gasteiger partial charge in [0.15, 0.2) is 0 Å². The topological polar surface area (TPSA) is 17.1 Å². The van der Waals surface area contributed by atoms with E-state index in [4.69, 9.17) is 0 Å². The van der Waals surface area contributed by atoms with Gasteiger partial charge in [-0.15, -0.1) is 0 Å². The SMILES string of the molecule is CCCCC=CCC=CCC=CCC=CCCCC(=O)C(CF)(CF)CF. The molecular formula is C23H35F3O. The van der Waals surface area contributed by atoms with Crippen LogP contribution in [0.15, 0.2) is 48.6 Å². The molecule has 27 heavy (non-hydrogen) atoms. The normalized spacial score (nSPS) is 13.0. The zero-order chi connectivity index (χ0) is 20.2. The number of rotatable bonds is 17. The van der Waals surface area contributed by atoms with Gasteiger partial charge in [0.05, 0.1) is 0 Å². The van der Waals surface area contributed by atoms with Crippen molar-refractivity contribution in [2.75, 3.05) is 20.0 Å². The number of hydrogen-bond donors (Lipinski definition) is 0. The predicted molar refractivity (Wildman–Crippen MR) is 109 cm³/mol. The molecule has 0 aromatic rings. The number of unbranched alkanes of at least 4 members (excludes halogenated alkanes) is 3. The Balaban J connectivity index is 3.76. The molecule has 0 saturated heterocycles. The third-order valence-corrected chi connectivity index (χ3v) is 4.34. The highest BCUT2D eigenvalue weighted by Crippen LogP contribution is 2.24. The molecule has 0 saturated carbocycles. The summed E-state index contributed by atoms with van der Waals surface area (Å²) in [5.41, 5.74) is -2.06. The van der Waals surface area contributed by atoms with Crippen LogP contribution in [0.4, 0.5) is 13.2 Å². The molecule has 0 atom stereocenters. The molecule has 0 N–H and O–H groups in total. The van der Waals surface area contributed by atoms with E-state index in [9.17, 15) is 18.0 Å². The van der Waals surface area contributed by atoms with Crippen molar-refractivity contribution in [3.8, 4) is 0 Å². The fraction of sp³-hybridized carbons (Fsp3) is 0.609. The Bertz CT molecular complexity index is 466. The second-order valence-corrected chi connectivity index (χ2v) is 6.73. The molecule has 154 valence electrons. The van der Waals surface area contributed by atoms with E-state index < -0.39 is 31.2 Å². The zero-order valence-electron chi connectivity index (χ0n) is 16.6. The first kappa shape index (κ1) is 25.4. The molecule has 0 unspecified atom stereocenters. The van der Waals surface area contributed by atoms with E-state index in [1.807, 2.05) is 12.2 Å². The number of Topliss-reactive ketones (excluding diaryl/α,β-unsaturated/α-hetero) is 1. The fourth-order valence-corrected chi connectivity index (χ4v) is 2.35. The van der Waals surface area contributed by atoms with Crippen molar-refractivity contribution in [2.45, 2.75) is 64.7 Å². The molecule has 0 bridgehead atoms. The molecule has 0 aliphatic rings. The summed E-state index contributed by atoms with van der Waals surface area (Å²) in [4.78, 5) is 11.7. The third kappa shape index (κ3) is 12.4. The number of alkyl halides is 3. The molecule has 0 spiro atoms. The molecular weight excluding hydrogens is 349 g/mol. The van der Waals surface area contributed by atoms with E-state index in [1.54, 1.807) is 0 Å². The maximum atomic E-state index is 12.7. The summed E-state index contributed by atoms with van der Waals surface area (Å²) in [6.45, 7) is -1.63. The minimum atomic E-state index is -2.06. The largest absolute Gasteiger partial charge is 0.299 e. The first-order valence-corrected chi connectivity index (χ1v) is 9.98. The van der Waals surface area contributed by atoms with Crippen LogP contribution >= 0.6 is 0 Å². The minimum absolute atomic E-state index is 0.00955. The van der Waals surface area contributed by atoms with Gasteiger partial charge in [-0.3, -0.25) is 4.79 Å². The Hall–Kier alpha value is -1.58. The van der Waals surface area contributed by atoms with Crippen LogP contribution < -0.4 is 0 Å². The van der Waals surface area contributed by atoms with Gasteiger partial charge < -0.3 is 0 Å². The molecule has 0 aromatic heterocycles. The highest BCUT2D eigenvalue weighted by atomic mass is 19.1. The summed E-state index contributed by atoms with van der Waals surface area (Å²) >= 11 is 0. The first-order valence-electron chi connectivity index (χ1n) is 9.98. The molecule has 0 aromatic carbocycles. The summed E-state index contributed by atoms with van der Waals surface area (Å²) in [7, 11) is 0. The number of ketones is 1. The van der Waals surface area contributed by atoms with Crippen molar-refractivity contribution in [2.24, 2.45) is 5.41 Å². The Kier molecular flexibility index (Phi) is 16.8.